The molecule has 1 aliphatic heterocycles. The smallest absolute Gasteiger partial charge is 0.345 e. The van der Waals surface area contributed by atoms with Crippen molar-refractivity contribution < 1.29 is 14.3 Å². The Morgan fingerprint density at radius 2 is 1.95 bits per heavy atom. The van der Waals surface area contributed by atoms with Gasteiger partial charge in [-0.05, 0) is 17.9 Å². The fraction of sp³-hybridized carbons (Fsp3) is 0.312. The molecule has 19 heavy (non-hydrogen) atoms. The third kappa shape index (κ3) is 2.16. The fourth-order valence-electron chi connectivity index (χ4n) is 2.36. The van der Waals surface area contributed by atoms with E-state index in [0.717, 1.165) is 30.0 Å². The summed E-state index contributed by atoms with van der Waals surface area (Å²) in [7, 11) is 0. The van der Waals surface area contributed by atoms with Gasteiger partial charge in [0.1, 0.15) is 11.3 Å². The van der Waals surface area contributed by atoms with Gasteiger partial charge in [-0.2, -0.15) is 0 Å². The summed E-state index contributed by atoms with van der Waals surface area (Å²) in [6.07, 6.45) is 2.33. The molecule has 0 N–H and O–H groups in total. The lowest BCUT2D eigenvalue weighted by atomic mass is 10.0. The van der Waals surface area contributed by atoms with Gasteiger partial charge in [0.15, 0.2) is 0 Å². The van der Waals surface area contributed by atoms with Crippen LogP contribution in [-0.2, 0) is 4.74 Å². The third-order valence-corrected chi connectivity index (χ3v) is 3.38. The lowest BCUT2D eigenvalue weighted by Gasteiger charge is -2.26. The molecular weight excluding hydrogens is 240 g/mol. The van der Waals surface area contributed by atoms with E-state index in [1.54, 1.807) is 6.07 Å². The van der Waals surface area contributed by atoms with E-state index in [1.165, 1.54) is 0 Å². The van der Waals surface area contributed by atoms with Crippen LogP contribution in [-0.4, -0.2) is 12.3 Å². The Morgan fingerprint density at radius 1 is 1.11 bits per heavy atom. The molecule has 0 amide bonds. The Balaban J connectivity index is 2.03. The highest BCUT2D eigenvalue weighted by atomic mass is 16.7. The maximum atomic E-state index is 12.0. The van der Waals surface area contributed by atoms with Crippen LogP contribution in [0.15, 0.2) is 36.4 Å². The molecule has 0 radical (unpaired) electrons. The predicted octanol–water partition coefficient (Wildman–Crippen LogP) is 3.91. The van der Waals surface area contributed by atoms with Crippen LogP contribution in [0.25, 0.3) is 10.8 Å². The lowest BCUT2D eigenvalue weighted by Crippen LogP contribution is -2.30. The van der Waals surface area contributed by atoms with Crippen molar-refractivity contribution >= 4 is 16.7 Å². The molecule has 2 aromatic carbocycles. The maximum Gasteiger partial charge on any atom is 0.345 e. The van der Waals surface area contributed by atoms with Crippen LogP contribution < -0.4 is 4.74 Å². The van der Waals surface area contributed by atoms with Gasteiger partial charge in [-0.25, -0.2) is 4.79 Å². The van der Waals surface area contributed by atoms with E-state index in [4.69, 9.17) is 9.47 Å². The van der Waals surface area contributed by atoms with Crippen molar-refractivity contribution in [2.24, 2.45) is 0 Å². The van der Waals surface area contributed by atoms with E-state index in [9.17, 15) is 4.79 Å². The summed E-state index contributed by atoms with van der Waals surface area (Å²) in [6, 6.07) is 11.6. The third-order valence-electron chi connectivity index (χ3n) is 3.38. The Hall–Kier alpha value is -2.03. The first-order chi connectivity index (χ1) is 9.29. The molecule has 0 aromatic heterocycles. The molecule has 1 atom stereocenters. The van der Waals surface area contributed by atoms with Gasteiger partial charge in [0.2, 0.25) is 6.29 Å². The number of hydrogen-bond acceptors (Lipinski definition) is 3. The van der Waals surface area contributed by atoms with Crippen LogP contribution >= 0.6 is 0 Å². The minimum Gasteiger partial charge on any atom is -0.453 e. The molecule has 0 unspecified atom stereocenters. The summed E-state index contributed by atoms with van der Waals surface area (Å²) in [6.45, 7) is 2.11. The number of hydrogen-bond donors (Lipinski definition) is 0. The van der Waals surface area contributed by atoms with Gasteiger partial charge in [0.25, 0.3) is 0 Å². The molecule has 0 aliphatic carbocycles. The quantitative estimate of drug-likeness (QED) is 0.781. The Morgan fingerprint density at radius 3 is 2.79 bits per heavy atom. The summed E-state index contributed by atoms with van der Waals surface area (Å²) >= 11 is 0. The average Bonchev–Trinajstić information content (AvgIpc) is 2.45. The number of carbonyl (C=O) groups is 1. The normalized spacial score (nSPS) is 17.7. The SMILES string of the molecule is CCCC[C@@H]1OC(=O)c2ccc3ccccc3c2O1. The van der Waals surface area contributed by atoms with Crippen LogP contribution in [0.5, 0.6) is 5.75 Å². The second kappa shape index (κ2) is 4.92. The average molecular weight is 256 g/mol. The first-order valence-corrected chi connectivity index (χ1v) is 6.69. The molecule has 1 aliphatic rings. The highest BCUT2D eigenvalue weighted by Gasteiger charge is 2.28. The van der Waals surface area contributed by atoms with Crippen molar-refractivity contribution in [2.75, 3.05) is 0 Å². The summed E-state index contributed by atoms with van der Waals surface area (Å²) in [5, 5.41) is 2.04. The van der Waals surface area contributed by atoms with Crippen LogP contribution in [0.2, 0.25) is 0 Å². The van der Waals surface area contributed by atoms with Crippen molar-refractivity contribution in [3.8, 4) is 5.75 Å². The molecule has 0 fully saturated rings. The fourth-order valence-corrected chi connectivity index (χ4v) is 2.36. The number of unbranched alkanes of at least 4 members (excludes halogenated alkanes) is 1. The zero-order valence-corrected chi connectivity index (χ0v) is 10.9. The van der Waals surface area contributed by atoms with Gasteiger partial charge >= 0.3 is 5.97 Å². The minimum absolute atomic E-state index is 0.284. The Kier molecular flexibility index (Phi) is 3.11. The second-order valence-corrected chi connectivity index (χ2v) is 4.76. The van der Waals surface area contributed by atoms with Gasteiger partial charge < -0.3 is 9.47 Å². The van der Waals surface area contributed by atoms with Gasteiger partial charge in [0, 0.05) is 11.8 Å². The monoisotopic (exact) mass is 256 g/mol. The number of benzene rings is 2. The highest BCUT2D eigenvalue weighted by molar-refractivity contribution is 6.02. The predicted molar refractivity (Wildman–Crippen MR) is 73.3 cm³/mol. The highest BCUT2D eigenvalue weighted by Crippen LogP contribution is 2.35. The number of carbonyl (C=O) groups excluding carboxylic acids is 1. The number of ether oxygens (including phenoxy) is 2. The molecule has 0 saturated carbocycles. The minimum atomic E-state index is -0.453. The molecule has 3 heteroatoms. The summed E-state index contributed by atoms with van der Waals surface area (Å²) in [5.41, 5.74) is 0.520. The van der Waals surface area contributed by atoms with E-state index >= 15 is 0 Å². The summed E-state index contributed by atoms with van der Waals surface area (Å²) in [4.78, 5) is 12.0. The molecule has 3 nitrogen and oxygen atoms in total. The van der Waals surface area contributed by atoms with Crippen molar-refractivity contribution in [3.05, 3.63) is 42.0 Å². The molecule has 0 saturated heterocycles. The number of esters is 1. The van der Waals surface area contributed by atoms with Gasteiger partial charge in [-0.3, -0.25) is 0 Å². The molecule has 98 valence electrons. The summed E-state index contributed by atoms with van der Waals surface area (Å²) in [5.74, 6) is 0.378. The van der Waals surface area contributed by atoms with Crippen LogP contribution in [0.4, 0.5) is 0 Å². The molecule has 0 bridgehead atoms. The van der Waals surface area contributed by atoms with Crippen molar-refractivity contribution in [2.45, 2.75) is 32.5 Å². The van der Waals surface area contributed by atoms with E-state index in [-0.39, 0.29) is 5.97 Å². The van der Waals surface area contributed by atoms with E-state index in [1.807, 2.05) is 30.3 Å². The van der Waals surface area contributed by atoms with Crippen LogP contribution in [0.3, 0.4) is 0 Å². The standard InChI is InChI=1S/C16H16O3/c1-2-3-8-14-18-15-12-7-5-4-6-11(12)9-10-13(15)16(17)19-14/h4-7,9-10,14H,2-3,8H2,1H3/t14-/m0/s1. The maximum absolute atomic E-state index is 12.0. The Labute approximate surface area is 112 Å². The van der Waals surface area contributed by atoms with Gasteiger partial charge in [0.05, 0.1) is 0 Å². The second-order valence-electron chi connectivity index (χ2n) is 4.76. The number of cyclic esters (lactones) is 1. The molecule has 3 rings (SSSR count). The Bertz CT molecular complexity index is 618. The van der Waals surface area contributed by atoms with Crippen LogP contribution in [0, 0.1) is 0 Å². The number of fused-ring (bicyclic) bond motifs is 3. The van der Waals surface area contributed by atoms with Crippen molar-refractivity contribution in [1.29, 1.82) is 0 Å². The zero-order chi connectivity index (χ0) is 13.2. The lowest BCUT2D eigenvalue weighted by molar-refractivity contribution is -0.0636. The molecule has 0 spiro atoms. The van der Waals surface area contributed by atoms with Crippen molar-refractivity contribution in [1.82, 2.24) is 0 Å². The van der Waals surface area contributed by atoms with Crippen molar-refractivity contribution in [3.63, 3.8) is 0 Å². The topological polar surface area (TPSA) is 35.5 Å². The van der Waals surface area contributed by atoms with Crippen LogP contribution in [0.1, 0.15) is 36.5 Å². The molecule has 2 aromatic rings. The number of rotatable bonds is 3. The van der Waals surface area contributed by atoms with E-state index < -0.39 is 6.29 Å². The molecule has 1 heterocycles. The first kappa shape index (κ1) is 12.0. The zero-order valence-electron chi connectivity index (χ0n) is 10.9. The van der Waals surface area contributed by atoms with E-state index in [0.29, 0.717) is 11.3 Å². The van der Waals surface area contributed by atoms with E-state index in [2.05, 4.69) is 6.92 Å². The van der Waals surface area contributed by atoms with Gasteiger partial charge in [-0.15, -0.1) is 0 Å². The largest absolute Gasteiger partial charge is 0.453 e. The van der Waals surface area contributed by atoms with Gasteiger partial charge in [-0.1, -0.05) is 43.7 Å². The summed E-state index contributed by atoms with van der Waals surface area (Å²) < 4.78 is 11.2. The first-order valence-electron chi connectivity index (χ1n) is 6.69. The molecular formula is C16H16O3.